The summed E-state index contributed by atoms with van der Waals surface area (Å²) in [5, 5.41) is 9.83. The van der Waals surface area contributed by atoms with Gasteiger partial charge in [-0.1, -0.05) is 18.9 Å². The van der Waals surface area contributed by atoms with Crippen LogP contribution in [-0.2, 0) is 27.2 Å². The Morgan fingerprint density at radius 2 is 1.75 bits per heavy atom. The molecule has 3 aromatic heterocycles. The highest BCUT2D eigenvalue weighted by Gasteiger charge is 2.45. The van der Waals surface area contributed by atoms with Crippen molar-refractivity contribution in [3.05, 3.63) is 82.8 Å². The minimum Gasteiger partial charge on any atom is -0.444 e. The number of pyridine rings is 1. The second kappa shape index (κ2) is 19.8. The molecule has 0 bridgehead atoms. The lowest BCUT2D eigenvalue weighted by molar-refractivity contribution is -0.136. The molecule has 9 rings (SSSR count). The van der Waals surface area contributed by atoms with Crippen LogP contribution in [0.3, 0.4) is 0 Å². The highest BCUT2D eigenvalue weighted by molar-refractivity contribution is 6.25. The molecule has 5 aliphatic rings. The van der Waals surface area contributed by atoms with Gasteiger partial charge in [0.05, 0.1) is 23.3 Å². The van der Waals surface area contributed by atoms with Crippen LogP contribution >= 0.6 is 0 Å². The largest absolute Gasteiger partial charge is 0.444 e. The van der Waals surface area contributed by atoms with E-state index in [1.54, 1.807) is 41.3 Å². The smallest absolute Gasteiger partial charge is 0.282 e. The molecule has 1 unspecified atom stereocenters. The molecular weight excluding hydrogens is 839 g/mol. The first-order valence-corrected chi connectivity index (χ1v) is 23.3. The Balaban J connectivity index is 0.674. The first-order valence-electron chi connectivity index (χ1n) is 23.3. The van der Waals surface area contributed by atoms with Crippen LogP contribution in [0.1, 0.15) is 144 Å². The van der Waals surface area contributed by atoms with Crippen molar-refractivity contribution in [2.75, 3.05) is 38.1 Å². The van der Waals surface area contributed by atoms with Crippen molar-refractivity contribution >= 4 is 35.1 Å². The number of anilines is 1. The van der Waals surface area contributed by atoms with E-state index in [9.17, 15) is 32.8 Å². The molecule has 344 valence electrons. The van der Waals surface area contributed by atoms with Crippen LogP contribution in [0.2, 0.25) is 0 Å². The first kappa shape index (κ1) is 44.5. The Labute approximate surface area is 376 Å². The van der Waals surface area contributed by atoms with Crippen LogP contribution in [-0.4, -0.2) is 104 Å². The Kier molecular flexibility index (Phi) is 13.6. The van der Waals surface area contributed by atoms with E-state index in [-0.39, 0.29) is 59.5 Å². The third-order valence-electron chi connectivity index (χ3n) is 13.7. The number of halogens is 2. The monoisotopic (exact) mass is 894 g/mol. The fraction of sp³-hybridized carbons (Fsp3) is 0.542. The van der Waals surface area contributed by atoms with E-state index in [1.165, 1.54) is 19.1 Å². The number of imide groups is 2. The number of nitrogens with zero attached hydrogens (tertiary/aromatic N) is 6. The summed E-state index contributed by atoms with van der Waals surface area (Å²) < 4.78 is 42.0. The van der Waals surface area contributed by atoms with Crippen LogP contribution in [0, 0.1) is 11.8 Å². The van der Waals surface area contributed by atoms with Crippen molar-refractivity contribution in [2.24, 2.45) is 11.8 Å². The number of ketones is 1. The molecule has 15 nitrogen and oxygen atoms in total. The Hall–Kier alpha value is -5.68. The van der Waals surface area contributed by atoms with E-state index in [2.05, 4.69) is 30.6 Å². The Morgan fingerprint density at radius 1 is 0.954 bits per heavy atom. The van der Waals surface area contributed by atoms with E-state index >= 15 is 0 Å². The summed E-state index contributed by atoms with van der Waals surface area (Å²) in [6, 6.07) is 7.76. The fourth-order valence-corrected chi connectivity index (χ4v) is 9.83. The minimum atomic E-state index is -2.80. The summed E-state index contributed by atoms with van der Waals surface area (Å²) in [6.07, 6.45) is 13.7. The van der Waals surface area contributed by atoms with E-state index in [1.807, 2.05) is 6.07 Å². The zero-order chi connectivity index (χ0) is 45.0. The molecule has 17 heteroatoms. The number of unbranched alkanes of at least 4 members (excludes halogenated alkanes) is 1. The van der Waals surface area contributed by atoms with Crippen molar-refractivity contribution in [1.82, 2.24) is 34.9 Å². The average Bonchev–Trinajstić information content (AvgIpc) is 3.71. The van der Waals surface area contributed by atoms with Gasteiger partial charge in [0, 0.05) is 80.5 Å². The maximum absolute atomic E-state index is 14.2. The number of oxazole rings is 1. The highest BCUT2D eigenvalue weighted by Crippen LogP contribution is 2.36. The fourth-order valence-electron chi connectivity index (χ4n) is 9.83. The van der Waals surface area contributed by atoms with E-state index in [0.29, 0.717) is 30.6 Å². The predicted molar refractivity (Wildman–Crippen MR) is 233 cm³/mol. The van der Waals surface area contributed by atoms with Crippen molar-refractivity contribution in [2.45, 2.75) is 121 Å². The highest BCUT2D eigenvalue weighted by atomic mass is 19.3. The van der Waals surface area contributed by atoms with Gasteiger partial charge in [0.1, 0.15) is 23.7 Å². The third-order valence-corrected chi connectivity index (χ3v) is 13.7. The molecule has 0 radical (unpaired) electrons. The van der Waals surface area contributed by atoms with Gasteiger partial charge in [-0.2, -0.15) is 5.10 Å². The van der Waals surface area contributed by atoms with Gasteiger partial charge in [0.2, 0.25) is 17.7 Å². The summed E-state index contributed by atoms with van der Waals surface area (Å²) in [5.41, 5.74) is 2.70. The zero-order valence-electron chi connectivity index (χ0n) is 36.5. The lowest BCUT2D eigenvalue weighted by Crippen LogP contribution is -2.54. The maximum Gasteiger partial charge on any atom is 0.282 e. The van der Waals surface area contributed by atoms with Crippen molar-refractivity contribution in [3.8, 4) is 11.5 Å². The van der Waals surface area contributed by atoms with Gasteiger partial charge in [-0.05, 0) is 107 Å². The molecule has 2 saturated heterocycles. The number of fused-ring (bicyclic) bond motifs is 1. The number of carbonyl (C=O) groups excluding carboxylic acids is 5. The summed E-state index contributed by atoms with van der Waals surface area (Å²) in [6.45, 7) is 4.11. The molecule has 4 fully saturated rings. The number of ether oxygens (including phenoxy) is 1. The molecule has 2 N–H and O–H groups in total. The molecule has 2 saturated carbocycles. The molecule has 4 aromatic rings. The molecule has 1 atom stereocenters. The predicted octanol–water partition coefficient (Wildman–Crippen LogP) is 7.14. The number of aromatic nitrogens is 4. The van der Waals surface area contributed by atoms with Gasteiger partial charge < -0.3 is 19.4 Å². The number of benzene rings is 1. The third kappa shape index (κ3) is 10.4. The number of hydrogen-bond acceptors (Lipinski definition) is 12. The molecule has 6 heterocycles. The number of nitrogens with one attached hydrogen (secondary N) is 2. The molecule has 2 aliphatic carbocycles. The second-order valence-electron chi connectivity index (χ2n) is 18.3. The van der Waals surface area contributed by atoms with Gasteiger partial charge >= 0.3 is 0 Å². The van der Waals surface area contributed by atoms with Crippen LogP contribution in [0.5, 0.6) is 0 Å². The van der Waals surface area contributed by atoms with Crippen LogP contribution in [0.25, 0.3) is 11.5 Å². The average molecular weight is 895 g/mol. The second-order valence-corrected chi connectivity index (χ2v) is 18.3. The van der Waals surface area contributed by atoms with Gasteiger partial charge in [0.25, 0.3) is 18.2 Å². The molecule has 65 heavy (non-hydrogen) atoms. The molecule has 0 spiro atoms. The van der Waals surface area contributed by atoms with Gasteiger partial charge in [-0.3, -0.25) is 43.9 Å². The first-order chi connectivity index (χ1) is 31.6. The number of amides is 4. The number of piperidine rings is 2. The SMILES string of the molecule is O=C1CCC(N2C(=O)c3cccc(NCCCCOC4CCN(CC5CCC(n6cc(CC(=O)c7coc(-c8ccnc(CCC9CC9)c8)n7)c(C(F)F)n6)CC5)CC4)c3C2=O)C(=O)N1. The normalized spacial score (nSPS) is 21.9. The summed E-state index contributed by atoms with van der Waals surface area (Å²) >= 11 is 0. The standard InChI is InChI=1S/C48H56F2N8O7/c49-44(50)43-32(25-40(59)38-28-65-46(53-38)31-16-20-51-33(24-31)11-8-29-6-7-29)27-57(55-43)34-12-9-30(10-13-34)26-56-21-17-35(18-22-56)64-23-2-1-19-52-37-5-3-4-36-42(37)48(63)58(47(36)62)39-14-15-41(60)54-45(39)61/h3-5,16,20,24,27-30,34-35,39,44,52H,1-2,6-15,17-19,21-23,25-26H2,(H,54,60,61). The minimum absolute atomic E-state index is 0.00284. The molecule has 4 amide bonds. The van der Waals surface area contributed by atoms with Gasteiger partial charge in [-0.15, -0.1) is 0 Å². The van der Waals surface area contributed by atoms with Crippen molar-refractivity contribution < 1.29 is 41.9 Å². The van der Waals surface area contributed by atoms with Crippen molar-refractivity contribution in [1.29, 1.82) is 0 Å². The lowest BCUT2D eigenvalue weighted by Gasteiger charge is -2.36. The van der Waals surface area contributed by atoms with Crippen LogP contribution < -0.4 is 10.6 Å². The topological polar surface area (TPSA) is 182 Å². The molecular formula is C48H56F2N8O7. The van der Waals surface area contributed by atoms with E-state index in [0.717, 1.165) is 106 Å². The summed E-state index contributed by atoms with van der Waals surface area (Å²) in [4.78, 5) is 76.2. The Bertz CT molecular complexity index is 2400. The number of carbonyl (C=O) groups is 5. The number of hydrogen-bond donors (Lipinski definition) is 2. The quantitative estimate of drug-likeness (QED) is 0.0552. The number of Topliss-reactive ketones (excluding diaryl/α,β-unsaturated/α-hetero) is 1. The number of rotatable bonds is 19. The number of aryl methyl sites for hydroxylation is 1. The van der Waals surface area contributed by atoms with E-state index in [4.69, 9.17) is 9.15 Å². The zero-order valence-corrected chi connectivity index (χ0v) is 36.5. The van der Waals surface area contributed by atoms with E-state index < -0.39 is 41.9 Å². The van der Waals surface area contributed by atoms with Gasteiger partial charge in [-0.25, -0.2) is 13.8 Å². The number of likely N-dealkylation sites (tertiary alicyclic amines) is 1. The Morgan fingerprint density at radius 3 is 2.52 bits per heavy atom. The van der Waals surface area contributed by atoms with Crippen molar-refractivity contribution in [3.63, 3.8) is 0 Å². The van der Waals surface area contributed by atoms with Crippen LogP contribution in [0.4, 0.5) is 14.5 Å². The number of alkyl halides is 2. The maximum atomic E-state index is 14.2. The summed E-state index contributed by atoms with van der Waals surface area (Å²) in [5.74, 6) is -0.889. The molecule has 1 aromatic carbocycles. The summed E-state index contributed by atoms with van der Waals surface area (Å²) in [7, 11) is 0. The van der Waals surface area contributed by atoms with Gasteiger partial charge in [0.15, 0.2) is 5.78 Å². The van der Waals surface area contributed by atoms with Crippen LogP contribution in [0.15, 0.2) is 53.4 Å². The molecule has 3 aliphatic heterocycles. The lowest BCUT2D eigenvalue weighted by atomic mass is 9.85.